The van der Waals surface area contributed by atoms with Crippen molar-refractivity contribution < 1.29 is 20.1 Å². The summed E-state index contributed by atoms with van der Waals surface area (Å²) in [5, 5.41) is 29.4. The van der Waals surface area contributed by atoms with Crippen LogP contribution in [0.25, 0.3) is 22.3 Å². The van der Waals surface area contributed by atoms with E-state index in [0.717, 1.165) is 4.68 Å². The molecule has 2 unspecified atom stereocenters. The Morgan fingerprint density at radius 3 is 2.72 bits per heavy atom. The summed E-state index contributed by atoms with van der Waals surface area (Å²) in [6, 6.07) is 0. The summed E-state index contributed by atoms with van der Waals surface area (Å²) in [6.07, 6.45) is 0.237. The lowest BCUT2D eigenvalue weighted by Gasteiger charge is -2.16. The van der Waals surface area contributed by atoms with Gasteiger partial charge in [0.15, 0.2) is 17.4 Å². The number of fused-ring (bicyclic) bond motifs is 2. The van der Waals surface area contributed by atoms with Gasteiger partial charge in [0, 0.05) is 0 Å². The smallest absolute Gasteiger partial charge is 0.349 e. The molecule has 1 fully saturated rings. The van der Waals surface area contributed by atoms with Crippen LogP contribution < -0.4 is 11.2 Å². The molecule has 0 amide bonds. The maximum Gasteiger partial charge on any atom is 0.349 e. The zero-order valence-electron chi connectivity index (χ0n) is 14.5. The largest absolute Gasteiger partial charge is 0.394 e. The molecule has 29 heavy (non-hydrogen) atoms. The molecule has 150 valence electrons. The van der Waals surface area contributed by atoms with Gasteiger partial charge in [-0.1, -0.05) is 0 Å². The number of aliphatic hydroxyl groups excluding tert-OH is 3. The number of aliphatic hydroxyl groups is 3. The third-order valence-electron chi connectivity index (χ3n) is 4.81. The quantitative estimate of drug-likeness (QED) is 0.274. The minimum Gasteiger partial charge on any atom is -0.394 e. The maximum atomic E-state index is 13.0. The molecule has 1 aliphatic heterocycles. The molecule has 0 aliphatic carbocycles. The van der Waals surface area contributed by atoms with E-state index in [4.69, 9.17) is 4.74 Å². The average Bonchev–Trinajstić information content (AvgIpc) is 3.40. The van der Waals surface area contributed by atoms with E-state index in [9.17, 15) is 24.9 Å². The lowest BCUT2D eigenvalue weighted by atomic mass is 10.1. The number of H-pyrrole nitrogens is 1. The lowest BCUT2D eigenvalue weighted by Crippen LogP contribution is -2.39. The zero-order valence-corrected chi connectivity index (χ0v) is 14.5. The van der Waals surface area contributed by atoms with Gasteiger partial charge < -0.3 is 20.1 Å². The second-order valence-corrected chi connectivity index (χ2v) is 6.45. The fourth-order valence-electron chi connectivity index (χ4n) is 3.39. The molecule has 0 radical (unpaired) electrons. The molecule has 14 heteroatoms. The first-order chi connectivity index (χ1) is 14.0. The highest BCUT2D eigenvalue weighted by molar-refractivity contribution is 5.71. The molecule has 1 aliphatic rings. The van der Waals surface area contributed by atoms with Crippen molar-refractivity contribution in [2.24, 2.45) is 0 Å². The molecule has 4 aromatic rings. The van der Waals surface area contributed by atoms with Crippen molar-refractivity contribution in [1.82, 2.24) is 38.8 Å². The van der Waals surface area contributed by atoms with Gasteiger partial charge in [-0.15, -0.1) is 0 Å². The van der Waals surface area contributed by atoms with Gasteiger partial charge in [-0.25, -0.2) is 29.4 Å². The first-order valence-electron chi connectivity index (χ1n) is 8.49. The molecule has 0 saturated carbocycles. The fraction of sp³-hybridized carbons (Fsp3) is 0.333. The summed E-state index contributed by atoms with van der Waals surface area (Å²) in [5.41, 5.74) is -1.06. The molecule has 1 saturated heterocycles. The van der Waals surface area contributed by atoms with Crippen LogP contribution in [-0.2, 0) is 4.74 Å². The average molecular weight is 402 g/mol. The summed E-state index contributed by atoms with van der Waals surface area (Å²) in [6.45, 7) is -0.514. The minimum atomic E-state index is -1.40. The molecule has 4 N–H and O–H groups in total. The Morgan fingerprint density at radius 1 is 1.14 bits per heavy atom. The molecule has 4 aromatic heterocycles. The lowest BCUT2D eigenvalue weighted by molar-refractivity contribution is -0.0511. The van der Waals surface area contributed by atoms with Crippen LogP contribution in [0, 0.1) is 0 Å². The number of rotatable bonds is 3. The van der Waals surface area contributed by atoms with Crippen LogP contribution in [0.1, 0.15) is 6.23 Å². The number of nitrogens with zero attached hydrogens (tertiary/aromatic N) is 7. The third kappa shape index (κ3) is 2.44. The normalized spacial score (nSPS) is 24.7. The fourth-order valence-corrected chi connectivity index (χ4v) is 3.39. The summed E-state index contributed by atoms with van der Waals surface area (Å²) >= 11 is 0. The van der Waals surface area contributed by atoms with Crippen molar-refractivity contribution in [3.05, 3.63) is 46.0 Å². The van der Waals surface area contributed by atoms with E-state index in [2.05, 4.69) is 24.9 Å². The second kappa shape index (κ2) is 6.28. The number of nitrogens with one attached hydrogen (secondary N) is 1. The molecule has 0 aromatic carbocycles. The van der Waals surface area contributed by atoms with Gasteiger partial charge in [0.05, 0.1) is 19.1 Å². The van der Waals surface area contributed by atoms with Crippen molar-refractivity contribution in [3.63, 3.8) is 0 Å². The number of hydrogen-bond donors (Lipinski definition) is 4. The Balaban J connectivity index is 1.68. The second-order valence-electron chi connectivity index (χ2n) is 6.45. The van der Waals surface area contributed by atoms with Gasteiger partial charge in [0.2, 0.25) is 0 Å². The van der Waals surface area contributed by atoms with Gasteiger partial charge in [-0.3, -0.25) is 14.3 Å². The molecular weight excluding hydrogens is 388 g/mol. The van der Waals surface area contributed by atoms with E-state index in [1.165, 1.54) is 34.4 Å². The van der Waals surface area contributed by atoms with E-state index < -0.39 is 42.4 Å². The van der Waals surface area contributed by atoms with Crippen molar-refractivity contribution in [2.75, 3.05) is 6.61 Å². The number of aromatic nitrogens is 8. The SMILES string of the molecule is O=c1[nH]c2c(ncn2[C@H]2O[C@@H](CO)C(O)C2O)c(=O)n1-n1cnc2cncnc21. The first-order valence-corrected chi connectivity index (χ1v) is 8.49. The number of imidazole rings is 2. The predicted octanol–water partition coefficient (Wildman–Crippen LogP) is -3.05. The van der Waals surface area contributed by atoms with E-state index in [1.54, 1.807) is 0 Å². The van der Waals surface area contributed by atoms with Crippen molar-refractivity contribution in [3.8, 4) is 0 Å². The highest BCUT2D eigenvalue weighted by atomic mass is 16.6. The van der Waals surface area contributed by atoms with Crippen molar-refractivity contribution in [1.29, 1.82) is 0 Å². The van der Waals surface area contributed by atoms with Crippen LogP contribution in [0.15, 0.2) is 34.8 Å². The summed E-state index contributed by atoms with van der Waals surface area (Å²) in [5.74, 6) is 0. The van der Waals surface area contributed by atoms with Gasteiger partial charge in [0.25, 0.3) is 0 Å². The molecule has 5 heterocycles. The van der Waals surface area contributed by atoms with E-state index in [0.29, 0.717) is 5.52 Å². The van der Waals surface area contributed by atoms with E-state index in [-0.39, 0.29) is 16.8 Å². The Bertz CT molecular complexity index is 1340. The van der Waals surface area contributed by atoms with Crippen LogP contribution >= 0.6 is 0 Å². The molecule has 5 rings (SSSR count). The Hall–Kier alpha value is -3.46. The number of ether oxygens (including phenoxy) is 1. The molecule has 0 bridgehead atoms. The topological polar surface area (TPSA) is 186 Å². The van der Waals surface area contributed by atoms with E-state index >= 15 is 0 Å². The van der Waals surface area contributed by atoms with Crippen LogP contribution in [0.3, 0.4) is 0 Å². The van der Waals surface area contributed by atoms with Gasteiger partial charge in [-0.2, -0.15) is 4.68 Å². The Morgan fingerprint density at radius 2 is 1.97 bits per heavy atom. The minimum absolute atomic E-state index is 0.00913. The molecule has 14 nitrogen and oxygen atoms in total. The maximum absolute atomic E-state index is 13.0. The van der Waals surface area contributed by atoms with Crippen LogP contribution in [0.2, 0.25) is 0 Å². The highest BCUT2D eigenvalue weighted by Gasteiger charge is 2.44. The van der Waals surface area contributed by atoms with Crippen molar-refractivity contribution in [2.45, 2.75) is 24.5 Å². The predicted molar refractivity (Wildman–Crippen MR) is 93.7 cm³/mol. The Labute approximate surface area is 159 Å². The standard InChI is InChI=1S/C15H14N8O6/c24-2-7-9(25)10(26)14(29-7)21-4-19-8-12(21)20-15(28)23(13(8)27)22-5-18-6-1-16-3-17-11(6)22/h1,3-5,7,9-10,14,24-26H,2H2,(H,20,28)/t7-,9?,10?,14-/m0/s1. The number of aromatic amines is 1. The van der Waals surface area contributed by atoms with Gasteiger partial charge in [-0.05, 0) is 0 Å². The first kappa shape index (κ1) is 17.6. The Kier molecular flexibility index (Phi) is 3.82. The number of hydrogen-bond acceptors (Lipinski definition) is 10. The van der Waals surface area contributed by atoms with Crippen LogP contribution in [0.5, 0.6) is 0 Å². The summed E-state index contributed by atoms with van der Waals surface area (Å²) in [7, 11) is 0. The van der Waals surface area contributed by atoms with Crippen LogP contribution in [-0.4, -0.2) is 79.1 Å². The molecular formula is C15H14N8O6. The van der Waals surface area contributed by atoms with Crippen LogP contribution in [0.4, 0.5) is 0 Å². The zero-order chi connectivity index (χ0) is 20.3. The third-order valence-corrected chi connectivity index (χ3v) is 4.81. The highest BCUT2D eigenvalue weighted by Crippen LogP contribution is 2.30. The monoisotopic (exact) mass is 402 g/mol. The molecule has 4 atom stereocenters. The van der Waals surface area contributed by atoms with Crippen molar-refractivity contribution >= 4 is 22.3 Å². The summed E-state index contributed by atoms with van der Waals surface area (Å²) in [4.78, 5) is 44.2. The summed E-state index contributed by atoms with van der Waals surface area (Å²) < 4.78 is 8.61. The van der Waals surface area contributed by atoms with Gasteiger partial charge >= 0.3 is 11.2 Å². The molecule has 0 spiro atoms. The van der Waals surface area contributed by atoms with Gasteiger partial charge in [0.1, 0.15) is 42.1 Å². The van der Waals surface area contributed by atoms with E-state index in [1.807, 2.05) is 0 Å².